The van der Waals surface area contributed by atoms with Crippen molar-refractivity contribution in [2.45, 2.75) is 30.2 Å². The quantitative estimate of drug-likeness (QED) is 0.856. The summed E-state index contributed by atoms with van der Waals surface area (Å²) in [5.74, 6) is 1.24. The van der Waals surface area contributed by atoms with Gasteiger partial charge in [0.25, 0.3) is 0 Å². The van der Waals surface area contributed by atoms with Crippen LogP contribution in [0.5, 0.6) is 11.5 Å². The molecule has 3 heterocycles. The second-order valence-electron chi connectivity index (χ2n) is 7.22. The third kappa shape index (κ3) is 2.84. The molecule has 7 nitrogen and oxygen atoms in total. The number of fused-ring (bicyclic) bond motifs is 2. The zero-order valence-corrected chi connectivity index (χ0v) is 16.0. The Bertz CT molecular complexity index is 1070. The summed E-state index contributed by atoms with van der Waals surface area (Å²) in [6.45, 7) is 1.48. The normalized spacial score (nSPS) is 21.4. The summed E-state index contributed by atoms with van der Waals surface area (Å²) >= 11 is 0. The van der Waals surface area contributed by atoms with Crippen LogP contribution in [0.1, 0.15) is 30.0 Å². The Morgan fingerprint density at radius 2 is 1.86 bits per heavy atom. The molecule has 1 N–H and O–H groups in total. The number of carbonyl (C=O) groups excluding carboxylic acids is 1. The van der Waals surface area contributed by atoms with Gasteiger partial charge in [-0.2, -0.15) is 4.31 Å². The molecule has 2 aromatic carbocycles. The summed E-state index contributed by atoms with van der Waals surface area (Å²) in [7, 11) is -3.67. The molecule has 0 spiro atoms. The molecule has 0 aromatic heterocycles. The first-order valence-corrected chi connectivity index (χ1v) is 10.8. The number of amides is 1. The lowest BCUT2D eigenvalue weighted by atomic mass is 10.0. The Hall–Kier alpha value is -2.58. The third-order valence-electron chi connectivity index (χ3n) is 5.46. The van der Waals surface area contributed by atoms with Gasteiger partial charge >= 0.3 is 0 Å². The number of hydrogen-bond acceptors (Lipinski definition) is 5. The van der Waals surface area contributed by atoms with Gasteiger partial charge in [-0.3, -0.25) is 4.79 Å². The van der Waals surface area contributed by atoms with Gasteiger partial charge in [0, 0.05) is 12.2 Å². The van der Waals surface area contributed by atoms with Gasteiger partial charge in [0.05, 0.1) is 17.4 Å². The van der Waals surface area contributed by atoms with Crippen molar-refractivity contribution in [2.75, 3.05) is 25.1 Å². The van der Waals surface area contributed by atoms with Crippen LogP contribution in [0, 0.1) is 0 Å². The van der Waals surface area contributed by atoms with E-state index in [-0.39, 0.29) is 23.3 Å². The summed E-state index contributed by atoms with van der Waals surface area (Å²) in [5.41, 5.74) is 2.32. The molecule has 0 aliphatic carbocycles. The van der Waals surface area contributed by atoms with E-state index in [0.717, 1.165) is 24.0 Å². The molecule has 1 fully saturated rings. The molecule has 0 radical (unpaired) electrons. The number of anilines is 1. The van der Waals surface area contributed by atoms with E-state index in [4.69, 9.17) is 9.47 Å². The van der Waals surface area contributed by atoms with Crippen LogP contribution in [-0.4, -0.2) is 38.4 Å². The highest BCUT2D eigenvalue weighted by Crippen LogP contribution is 2.41. The summed E-state index contributed by atoms with van der Waals surface area (Å²) in [6, 6.07) is 10.3. The first-order valence-electron chi connectivity index (χ1n) is 9.36. The van der Waals surface area contributed by atoms with Crippen molar-refractivity contribution in [1.82, 2.24) is 4.31 Å². The summed E-state index contributed by atoms with van der Waals surface area (Å²) in [6.07, 6.45) is 1.76. The van der Waals surface area contributed by atoms with Gasteiger partial charge in [-0.05, 0) is 54.3 Å². The van der Waals surface area contributed by atoms with Crippen LogP contribution in [-0.2, 0) is 21.2 Å². The standard InChI is InChI=1S/C20H20N2O5S/c23-20-12-14-10-15(4-5-16(14)21-20)28(24,25)22-7-1-2-17(22)13-3-6-18-19(11-13)27-9-8-26-18/h3-6,10-11,17H,1-2,7-9,12H2,(H,21,23)/t17-/m1/s1. The van der Waals surface area contributed by atoms with Gasteiger partial charge in [0.2, 0.25) is 15.9 Å². The predicted molar refractivity (Wildman–Crippen MR) is 102 cm³/mol. The average Bonchev–Trinajstić information content (AvgIpc) is 3.33. The van der Waals surface area contributed by atoms with Crippen LogP contribution < -0.4 is 14.8 Å². The topological polar surface area (TPSA) is 84.9 Å². The number of nitrogens with one attached hydrogen (secondary N) is 1. The Balaban J connectivity index is 1.48. The van der Waals surface area contributed by atoms with Crippen molar-refractivity contribution in [1.29, 1.82) is 0 Å². The lowest BCUT2D eigenvalue weighted by molar-refractivity contribution is -0.115. The number of rotatable bonds is 3. The molecule has 0 unspecified atom stereocenters. The van der Waals surface area contributed by atoms with Gasteiger partial charge in [0.15, 0.2) is 11.5 Å². The molecule has 1 atom stereocenters. The Morgan fingerprint density at radius 3 is 2.71 bits per heavy atom. The molecule has 8 heteroatoms. The van der Waals surface area contributed by atoms with Crippen LogP contribution in [0.3, 0.4) is 0 Å². The van der Waals surface area contributed by atoms with Gasteiger partial charge in [-0.1, -0.05) is 6.07 Å². The lowest BCUT2D eigenvalue weighted by Crippen LogP contribution is -2.30. The minimum atomic E-state index is -3.67. The van der Waals surface area contributed by atoms with E-state index in [0.29, 0.717) is 36.9 Å². The number of hydrogen-bond donors (Lipinski definition) is 1. The fraction of sp³-hybridized carbons (Fsp3) is 0.350. The molecule has 3 aliphatic rings. The maximum atomic E-state index is 13.4. The second-order valence-corrected chi connectivity index (χ2v) is 9.11. The molecule has 2 aromatic rings. The molecule has 5 rings (SSSR count). The number of nitrogens with zero attached hydrogens (tertiary/aromatic N) is 1. The van der Waals surface area contributed by atoms with E-state index in [1.807, 2.05) is 18.2 Å². The summed E-state index contributed by atoms with van der Waals surface area (Å²) in [4.78, 5) is 11.8. The minimum Gasteiger partial charge on any atom is -0.486 e. The van der Waals surface area contributed by atoms with E-state index in [1.54, 1.807) is 22.5 Å². The van der Waals surface area contributed by atoms with Crippen molar-refractivity contribution in [3.05, 3.63) is 47.5 Å². The van der Waals surface area contributed by atoms with Gasteiger partial charge < -0.3 is 14.8 Å². The predicted octanol–water partition coefficient (Wildman–Crippen LogP) is 2.48. The highest BCUT2D eigenvalue weighted by Gasteiger charge is 2.37. The van der Waals surface area contributed by atoms with Gasteiger partial charge in [0.1, 0.15) is 13.2 Å². The maximum Gasteiger partial charge on any atom is 0.243 e. The maximum absolute atomic E-state index is 13.4. The van der Waals surface area contributed by atoms with Crippen molar-refractivity contribution in [2.24, 2.45) is 0 Å². The number of carbonyl (C=O) groups is 1. The van der Waals surface area contributed by atoms with Crippen molar-refractivity contribution < 1.29 is 22.7 Å². The SMILES string of the molecule is O=C1Cc2cc(S(=O)(=O)N3CCC[C@@H]3c3ccc4c(c3)OCCO4)ccc2N1. The fourth-order valence-corrected chi connectivity index (χ4v) is 5.86. The van der Waals surface area contributed by atoms with Gasteiger partial charge in [-0.25, -0.2) is 8.42 Å². The average molecular weight is 400 g/mol. The van der Waals surface area contributed by atoms with Crippen LogP contribution in [0.25, 0.3) is 0 Å². The fourth-order valence-electron chi connectivity index (χ4n) is 4.13. The van der Waals surface area contributed by atoms with Crippen molar-refractivity contribution >= 4 is 21.6 Å². The Kier molecular flexibility index (Phi) is 4.06. The number of ether oxygens (including phenoxy) is 2. The molecule has 28 heavy (non-hydrogen) atoms. The molecule has 3 aliphatic heterocycles. The van der Waals surface area contributed by atoms with Gasteiger partial charge in [-0.15, -0.1) is 0 Å². The zero-order valence-electron chi connectivity index (χ0n) is 15.2. The van der Waals surface area contributed by atoms with Crippen LogP contribution in [0.4, 0.5) is 5.69 Å². The van der Waals surface area contributed by atoms with E-state index < -0.39 is 10.0 Å². The number of benzene rings is 2. The minimum absolute atomic E-state index is 0.111. The second kappa shape index (κ2) is 6.49. The lowest BCUT2D eigenvalue weighted by Gasteiger charge is -2.26. The Morgan fingerprint density at radius 1 is 1.04 bits per heavy atom. The molecule has 146 valence electrons. The molecular formula is C20H20N2O5S. The largest absolute Gasteiger partial charge is 0.486 e. The Labute approximate surface area is 163 Å². The van der Waals surface area contributed by atoms with Crippen LogP contribution in [0.2, 0.25) is 0 Å². The monoisotopic (exact) mass is 400 g/mol. The summed E-state index contributed by atoms with van der Waals surface area (Å²) < 4.78 is 39.5. The van der Waals surface area contributed by atoms with Crippen LogP contribution in [0.15, 0.2) is 41.3 Å². The zero-order chi connectivity index (χ0) is 19.3. The van der Waals surface area contributed by atoms with Crippen LogP contribution >= 0.6 is 0 Å². The molecule has 0 bridgehead atoms. The van der Waals surface area contributed by atoms with E-state index in [2.05, 4.69) is 5.32 Å². The van der Waals surface area contributed by atoms with Crippen molar-refractivity contribution in [3.8, 4) is 11.5 Å². The highest BCUT2D eigenvalue weighted by atomic mass is 32.2. The first kappa shape index (κ1) is 17.5. The van der Waals surface area contributed by atoms with E-state index in [1.165, 1.54) is 0 Å². The number of sulfonamides is 1. The third-order valence-corrected chi connectivity index (χ3v) is 7.37. The highest BCUT2D eigenvalue weighted by molar-refractivity contribution is 7.89. The molecule has 0 saturated carbocycles. The molecule has 1 amide bonds. The van der Waals surface area contributed by atoms with Crippen molar-refractivity contribution in [3.63, 3.8) is 0 Å². The first-order chi connectivity index (χ1) is 13.5. The van der Waals surface area contributed by atoms with E-state index >= 15 is 0 Å². The summed E-state index contributed by atoms with van der Waals surface area (Å²) in [5, 5.41) is 2.74. The molecule has 1 saturated heterocycles. The van der Waals surface area contributed by atoms with E-state index in [9.17, 15) is 13.2 Å². The smallest absolute Gasteiger partial charge is 0.243 e. The molecular weight excluding hydrogens is 380 g/mol.